The van der Waals surface area contributed by atoms with Gasteiger partial charge in [-0.1, -0.05) is 49.4 Å². The molecular formula is C14H15. The summed E-state index contributed by atoms with van der Waals surface area (Å²) in [5.74, 6) is 0.404. The van der Waals surface area contributed by atoms with Crippen LogP contribution in [0.3, 0.4) is 0 Å². The zero-order chi connectivity index (χ0) is 9.97. The van der Waals surface area contributed by atoms with Gasteiger partial charge in [-0.25, -0.2) is 0 Å². The van der Waals surface area contributed by atoms with Gasteiger partial charge in [-0.15, -0.1) is 0 Å². The maximum absolute atomic E-state index is 4.18. The highest BCUT2D eigenvalue weighted by atomic mass is 14.1. The van der Waals surface area contributed by atoms with Gasteiger partial charge >= 0.3 is 0 Å². The van der Waals surface area contributed by atoms with Crippen molar-refractivity contribution >= 4 is 10.8 Å². The standard InChI is InChI=1S/C14H15/c1-3-11(2)13-10-6-8-12-7-4-5-9-14(12)13/h4-11H,2-3H2,1H3. The van der Waals surface area contributed by atoms with E-state index in [4.69, 9.17) is 0 Å². The van der Waals surface area contributed by atoms with Gasteiger partial charge in [0.2, 0.25) is 0 Å². The second kappa shape index (κ2) is 3.83. The molecule has 0 aromatic heterocycles. The monoisotopic (exact) mass is 183 g/mol. The van der Waals surface area contributed by atoms with Gasteiger partial charge in [0.1, 0.15) is 0 Å². The fraction of sp³-hybridized carbons (Fsp3) is 0.214. The van der Waals surface area contributed by atoms with Gasteiger partial charge in [0.15, 0.2) is 0 Å². The molecule has 0 heterocycles. The molecule has 1 unspecified atom stereocenters. The van der Waals surface area contributed by atoms with E-state index in [1.165, 1.54) is 16.3 Å². The molecule has 1 atom stereocenters. The van der Waals surface area contributed by atoms with E-state index in [0.717, 1.165) is 6.42 Å². The summed E-state index contributed by atoms with van der Waals surface area (Å²) in [7, 11) is 0. The molecule has 0 heteroatoms. The Balaban J connectivity index is 2.65. The Morgan fingerprint density at radius 3 is 2.57 bits per heavy atom. The summed E-state index contributed by atoms with van der Waals surface area (Å²) < 4.78 is 0. The van der Waals surface area contributed by atoms with Crippen molar-refractivity contribution in [2.45, 2.75) is 19.3 Å². The van der Waals surface area contributed by atoms with E-state index >= 15 is 0 Å². The lowest BCUT2D eigenvalue weighted by Gasteiger charge is -2.11. The van der Waals surface area contributed by atoms with Crippen LogP contribution in [0.4, 0.5) is 0 Å². The Hall–Kier alpha value is -1.30. The molecule has 0 aliphatic carbocycles. The molecule has 71 valence electrons. The number of hydrogen-bond donors (Lipinski definition) is 0. The highest BCUT2D eigenvalue weighted by molar-refractivity contribution is 5.86. The average molecular weight is 183 g/mol. The van der Waals surface area contributed by atoms with Crippen LogP contribution in [0, 0.1) is 6.92 Å². The highest BCUT2D eigenvalue weighted by Crippen LogP contribution is 2.26. The van der Waals surface area contributed by atoms with Crippen molar-refractivity contribution in [2.75, 3.05) is 0 Å². The van der Waals surface area contributed by atoms with E-state index in [1.807, 2.05) is 0 Å². The molecule has 0 saturated heterocycles. The smallest absolute Gasteiger partial charge is 0.0149 e. The third-order valence-corrected chi connectivity index (χ3v) is 2.76. The van der Waals surface area contributed by atoms with E-state index in [1.54, 1.807) is 0 Å². The van der Waals surface area contributed by atoms with Crippen molar-refractivity contribution in [2.24, 2.45) is 0 Å². The first-order chi connectivity index (χ1) is 6.83. The Bertz CT molecular complexity index is 423. The Morgan fingerprint density at radius 2 is 1.79 bits per heavy atom. The largest absolute Gasteiger partial charge is 0.0648 e. The summed E-state index contributed by atoms with van der Waals surface area (Å²) in [4.78, 5) is 0. The lowest BCUT2D eigenvalue weighted by atomic mass is 9.93. The minimum absolute atomic E-state index is 0.404. The van der Waals surface area contributed by atoms with Gasteiger partial charge in [0.25, 0.3) is 0 Å². The zero-order valence-electron chi connectivity index (χ0n) is 8.53. The van der Waals surface area contributed by atoms with E-state index in [-0.39, 0.29) is 0 Å². The van der Waals surface area contributed by atoms with Crippen molar-refractivity contribution < 1.29 is 0 Å². The molecule has 0 aliphatic heterocycles. The van der Waals surface area contributed by atoms with Gasteiger partial charge < -0.3 is 0 Å². The molecule has 0 aliphatic rings. The number of hydrogen-bond acceptors (Lipinski definition) is 0. The molecule has 0 saturated carbocycles. The molecule has 0 amide bonds. The number of fused-ring (bicyclic) bond motifs is 1. The van der Waals surface area contributed by atoms with Crippen LogP contribution >= 0.6 is 0 Å². The van der Waals surface area contributed by atoms with E-state index < -0.39 is 0 Å². The molecule has 1 radical (unpaired) electrons. The van der Waals surface area contributed by atoms with Gasteiger partial charge in [-0.3, -0.25) is 0 Å². The van der Waals surface area contributed by atoms with Crippen LogP contribution < -0.4 is 0 Å². The SMILES string of the molecule is [CH2]C(CC)c1cccc2ccccc12. The van der Waals surface area contributed by atoms with Crippen molar-refractivity contribution in [3.05, 3.63) is 55.0 Å². The topological polar surface area (TPSA) is 0 Å². The fourth-order valence-electron chi connectivity index (χ4n) is 1.83. The summed E-state index contributed by atoms with van der Waals surface area (Å²) in [6.07, 6.45) is 1.09. The van der Waals surface area contributed by atoms with E-state index in [0.29, 0.717) is 5.92 Å². The summed E-state index contributed by atoms with van der Waals surface area (Å²) in [5.41, 5.74) is 1.37. The maximum atomic E-state index is 4.18. The third-order valence-electron chi connectivity index (χ3n) is 2.76. The molecule has 0 N–H and O–H groups in total. The second-order valence-electron chi connectivity index (χ2n) is 3.67. The first-order valence-corrected chi connectivity index (χ1v) is 5.13. The van der Waals surface area contributed by atoms with Crippen LogP contribution in [0.2, 0.25) is 0 Å². The minimum atomic E-state index is 0.404. The molecule has 0 bridgehead atoms. The minimum Gasteiger partial charge on any atom is -0.0648 e. The zero-order valence-corrected chi connectivity index (χ0v) is 8.53. The molecule has 14 heavy (non-hydrogen) atoms. The maximum Gasteiger partial charge on any atom is -0.0149 e. The summed E-state index contributed by atoms with van der Waals surface area (Å²) in [5, 5.41) is 2.66. The van der Waals surface area contributed by atoms with Gasteiger partial charge in [0, 0.05) is 0 Å². The summed E-state index contributed by atoms with van der Waals surface area (Å²) in [6, 6.07) is 15.0. The third kappa shape index (κ3) is 1.52. The number of rotatable bonds is 2. The lowest BCUT2D eigenvalue weighted by molar-refractivity contribution is 0.809. The Morgan fingerprint density at radius 1 is 1.07 bits per heavy atom. The predicted octanol–water partition coefficient (Wildman–Crippen LogP) is 4.17. The first kappa shape index (κ1) is 9.26. The molecule has 2 aromatic rings. The molecule has 2 rings (SSSR count). The van der Waals surface area contributed by atoms with Gasteiger partial charge in [-0.05, 0) is 35.6 Å². The second-order valence-corrected chi connectivity index (χ2v) is 3.67. The molecule has 0 spiro atoms. The molecule has 2 aromatic carbocycles. The lowest BCUT2D eigenvalue weighted by Crippen LogP contribution is -1.92. The summed E-state index contributed by atoms with van der Waals surface area (Å²) in [6.45, 7) is 6.36. The van der Waals surface area contributed by atoms with Crippen LogP contribution in [-0.2, 0) is 0 Å². The Labute approximate surface area is 85.6 Å². The van der Waals surface area contributed by atoms with Crippen molar-refractivity contribution in [1.29, 1.82) is 0 Å². The van der Waals surface area contributed by atoms with Gasteiger partial charge in [-0.2, -0.15) is 0 Å². The fourth-order valence-corrected chi connectivity index (χ4v) is 1.83. The number of benzene rings is 2. The highest BCUT2D eigenvalue weighted by Gasteiger charge is 2.06. The van der Waals surface area contributed by atoms with Crippen LogP contribution in [0.5, 0.6) is 0 Å². The predicted molar refractivity (Wildman–Crippen MR) is 62.3 cm³/mol. The van der Waals surface area contributed by atoms with Crippen LogP contribution in [0.15, 0.2) is 42.5 Å². The van der Waals surface area contributed by atoms with Crippen LogP contribution in [0.25, 0.3) is 10.8 Å². The van der Waals surface area contributed by atoms with Gasteiger partial charge in [0.05, 0.1) is 0 Å². The Kier molecular flexibility index (Phi) is 2.53. The quantitative estimate of drug-likeness (QED) is 0.655. The van der Waals surface area contributed by atoms with Crippen LogP contribution in [0.1, 0.15) is 24.8 Å². The molecule has 0 nitrogen and oxygen atoms in total. The molecular weight excluding hydrogens is 168 g/mol. The van der Waals surface area contributed by atoms with Crippen molar-refractivity contribution in [3.63, 3.8) is 0 Å². The molecule has 0 fully saturated rings. The average Bonchev–Trinajstić information content (AvgIpc) is 2.27. The van der Waals surface area contributed by atoms with E-state index in [9.17, 15) is 0 Å². The normalized spacial score (nSPS) is 13.0. The van der Waals surface area contributed by atoms with Crippen LogP contribution in [-0.4, -0.2) is 0 Å². The van der Waals surface area contributed by atoms with E-state index in [2.05, 4.69) is 56.3 Å². The summed E-state index contributed by atoms with van der Waals surface area (Å²) >= 11 is 0. The van der Waals surface area contributed by atoms with Crippen molar-refractivity contribution in [3.8, 4) is 0 Å². The van der Waals surface area contributed by atoms with Crippen molar-refractivity contribution in [1.82, 2.24) is 0 Å². The first-order valence-electron chi connectivity index (χ1n) is 5.13.